The minimum atomic E-state index is -4.67. The second-order valence-corrected chi connectivity index (χ2v) is 2.71. The van der Waals surface area contributed by atoms with E-state index in [1.807, 2.05) is 12.2 Å². The first-order valence-corrected chi connectivity index (χ1v) is 4.49. The normalized spacial score (nSPS) is 15.0. The lowest BCUT2D eigenvalue weighted by atomic mass is 10.4. The molecule has 0 aromatic heterocycles. The number of hydrogen-bond acceptors (Lipinski definition) is 6. The molecule has 0 bridgehead atoms. The Bertz CT molecular complexity index is 210. The van der Waals surface area contributed by atoms with Crippen molar-refractivity contribution in [2.75, 3.05) is 13.2 Å². The Kier molecular flexibility index (Phi) is 14.4. The van der Waals surface area contributed by atoms with Gasteiger partial charge >= 0.3 is 10.4 Å². The molecule has 8 N–H and O–H groups in total. The van der Waals surface area contributed by atoms with Crippen molar-refractivity contribution in [3.05, 3.63) is 12.2 Å². The standard InChI is InChI=1S/C5H8O2.2H3N.H2O4S/c1-2-4-6-7-5-3-1;;;1-5(2,3)4/h1-2H,3-5H2;2*1H3;(H2,1,2,3,4). The zero-order valence-electron chi connectivity index (χ0n) is 7.63. The monoisotopic (exact) mass is 232 g/mol. The SMILES string of the molecule is C1=CCOOCC1.N.N.O=S(=O)(O)O. The summed E-state index contributed by atoms with van der Waals surface area (Å²) >= 11 is 0. The van der Waals surface area contributed by atoms with E-state index in [1.165, 1.54) is 0 Å². The van der Waals surface area contributed by atoms with E-state index in [-0.39, 0.29) is 12.3 Å². The molecule has 0 saturated heterocycles. The van der Waals surface area contributed by atoms with Gasteiger partial charge in [-0.25, -0.2) is 9.78 Å². The first kappa shape index (κ1) is 19.1. The second kappa shape index (κ2) is 10.5. The lowest BCUT2D eigenvalue weighted by Gasteiger charge is -1.92. The molecule has 8 nitrogen and oxygen atoms in total. The maximum absolute atomic E-state index is 8.74. The zero-order valence-corrected chi connectivity index (χ0v) is 8.44. The topological polar surface area (TPSA) is 163 Å². The molecule has 9 heteroatoms. The molecular formula is C5H16N2O6S. The van der Waals surface area contributed by atoms with Crippen LogP contribution in [0.2, 0.25) is 0 Å². The van der Waals surface area contributed by atoms with Crippen LogP contribution in [0.5, 0.6) is 0 Å². The van der Waals surface area contributed by atoms with Gasteiger partial charge in [0.1, 0.15) is 6.61 Å². The van der Waals surface area contributed by atoms with Crippen LogP contribution >= 0.6 is 0 Å². The first-order valence-electron chi connectivity index (χ1n) is 3.09. The van der Waals surface area contributed by atoms with E-state index in [0.717, 1.165) is 6.42 Å². The maximum Gasteiger partial charge on any atom is 0.394 e. The molecule has 0 radical (unpaired) electrons. The van der Waals surface area contributed by atoms with Gasteiger partial charge in [0, 0.05) is 0 Å². The number of rotatable bonds is 0. The van der Waals surface area contributed by atoms with Crippen LogP contribution in [0.15, 0.2) is 12.2 Å². The summed E-state index contributed by atoms with van der Waals surface area (Å²) in [5.74, 6) is 0. The Morgan fingerprint density at radius 3 is 2.07 bits per heavy atom. The van der Waals surface area contributed by atoms with Crippen LogP contribution in [0.25, 0.3) is 0 Å². The third-order valence-corrected chi connectivity index (χ3v) is 0.782. The summed E-state index contributed by atoms with van der Waals surface area (Å²) in [6, 6.07) is 0. The summed E-state index contributed by atoms with van der Waals surface area (Å²) in [6.45, 7) is 1.29. The second-order valence-electron chi connectivity index (χ2n) is 1.81. The van der Waals surface area contributed by atoms with E-state index < -0.39 is 10.4 Å². The molecule has 0 aliphatic carbocycles. The largest absolute Gasteiger partial charge is 0.394 e. The summed E-state index contributed by atoms with van der Waals surface area (Å²) in [6.07, 6.45) is 4.97. The highest BCUT2D eigenvalue weighted by Crippen LogP contribution is 1.91. The van der Waals surface area contributed by atoms with Gasteiger partial charge in [-0.05, 0) is 6.42 Å². The van der Waals surface area contributed by atoms with Gasteiger partial charge in [-0.3, -0.25) is 9.11 Å². The molecule has 0 amide bonds. The van der Waals surface area contributed by atoms with Crippen LogP contribution in [0.1, 0.15) is 6.42 Å². The van der Waals surface area contributed by atoms with E-state index in [1.54, 1.807) is 0 Å². The summed E-state index contributed by atoms with van der Waals surface area (Å²) in [5, 5.41) is 0. The Morgan fingerprint density at radius 1 is 1.07 bits per heavy atom. The smallest absolute Gasteiger partial charge is 0.344 e. The highest BCUT2D eigenvalue weighted by molar-refractivity contribution is 7.79. The van der Waals surface area contributed by atoms with Crippen LogP contribution in [0, 0.1) is 0 Å². The van der Waals surface area contributed by atoms with E-state index >= 15 is 0 Å². The van der Waals surface area contributed by atoms with E-state index in [0.29, 0.717) is 13.2 Å². The lowest BCUT2D eigenvalue weighted by molar-refractivity contribution is -0.282. The van der Waals surface area contributed by atoms with Crippen molar-refractivity contribution in [1.29, 1.82) is 0 Å². The Labute approximate surface area is 82.6 Å². The van der Waals surface area contributed by atoms with Gasteiger partial charge in [0.25, 0.3) is 0 Å². The van der Waals surface area contributed by atoms with E-state index in [2.05, 4.69) is 9.78 Å². The molecule has 0 fully saturated rings. The first-order chi connectivity index (χ1) is 5.50. The predicted octanol–water partition coefficient (Wildman–Crippen LogP) is 0.566. The highest BCUT2D eigenvalue weighted by atomic mass is 32.3. The molecule has 0 saturated carbocycles. The molecule has 0 aromatic rings. The third kappa shape index (κ3) is 30.1. The van der Waals surface area contributed by atoms with Crippen molar-refractivity contribution < 1.29 is 27.3 Å². The average Bonchev–Trinajstić information content (AvgIpc) is 2.10. The van der Waals surface area contributed by atoms with Crippen LogP contribution in [0.3, 0.4) is 0 Å². The molecule has 0 atom stereocenters. The fourth-order valence-corrected chi connectivity index (χ4v) is 0.448. The molecule has 1 aliphatic heterocycles. The minimum absolute atomic E-state index is 0. The van der Waals surface area contributed by atoms with Crippen LogP contribution in [-0.2, 0) is 20.2 Å². The minimum Gasteiger partial charge on any atom is -0.344 e. The fraction of sp³-hybridized carbons (Fsp3) is 0.600. The van der Waals surface area contributed by atoms with Crippen LogP contribution in [0.4, 0.5) is 0 Å². The lowest BCUT2D eigenvalue weighted by Crippen LogP contribution is -1.90. The van der Waals surface area contributed by atoms with Crippen molar-refractivity contribution in [3.63, 3.8) is 0 Å². The van der Waals surface area contributed by atoms with Crippen molar-refractivity contribution in [3.8, 4) is 0 Å². The summed E-state index contributed by atoms with van der Waals surface area (Å²) in [7, 11) is -4.67. The Morgan fingerprint density at radius 2 is 1.57 bits per heavy atom. The van der Waals surface area contributed by atoms with Gasteiger partial charge in [-0.1, -0.05) is 12.2 Å². The number of hydrogen-bond donors (Lipinski definition) is 4. The van der Waals surface area contributed by atoms with Crippen molar-refractivity contribution in [1.82, 2.24) is 12.3 Å². The zero-order chi connectivity index (χ0) is 9.45. The highest BCUT2D eigenvalue weighted by Gasteiger charge is 1.88. The fourth-order valence-electron chi connectivity index (χ4n) is 0.448. The molecule has 14 heavy (non-hydrogen) atoms. The van der Waals surface area contributed by atoms with Gasteiger partial charge in [-0.15, -0.1) is 0 Å². The third-order valence-electron chi connectivity index (χ3n) is 0.782. The predicted molar refractivity (Wildman–Crippen MR) is 49.9 cm³/mol. The Balaban J connectivity index is -0.000000159. The van der Waals surface area contributed by atoms with E-state index in [9.17, 15) is 0 Å². The van der Waals surface area contributed by atoms with Gasteiger partial charge in [0.2, 0.25) is 0 Å². The molecule has 1 aliphatic rings. The van der Waals surface area contributed by atoms with Crippen molar-refractivity contribution in [2.45, 2.75) is 6.42 Å². The van der Waals surface area contributed by atoms with Crippen molar-refractivity contribution >= 4 is 10.4 Å². The molecule has 1 heterocycles. The molecule has 88 valence electrons. The summed E-state index contributed by atoms with van der Waals surface area (Å²) < 4.78 is 31.6. The molecule has 0 unspecified atom stereocenters. The van der Waals surface area contributed by atoms with Crippen LogP contribution in [-0.4, -0.2) is 30.7 Å². The van der Waals surface area contributed by atoms with E-state index in [4.69, 9.17) is 17.5 Å². The van der Waals surface area contributed by atoms with Crippen LogP contribution < -0.4 is 12.3 Å². The molecular weight excluding hydrogens is 216 g/mol. The average molecular weight is 232 g/mol. The molecule has 0 aromatic carbocycles. The summed E-state index contributed by atoms with van der Waals surface area (Å²) in [5.41, 5.74) is 0. The summed E-state index contributed by atoms with van der Waals surface area (Å²) in [4.78, 5) is 9.24. The Hall–Kier alpha value is -0.550. The quantitative estimate of drug-likeness (QED) is 0.267. The molecule has 0 spiro atoms. The maximum atomic E-state index is 8.74. The van der Waals surface area contributed by atoms with Crippen molar-refractivity contribution in [2.24, 2.45) is 0 Å². The van der Waals surface area contributed by atoms with Gasteiger partial charge < -0.3 is 12.3 Å². The van der Waals surface area contributed by atoms with Gasteiger partial charge in [-0.2, -0.15) is 8.42 Å². The van der Waals surface area contributed by atoms with Gasteiger partial charge in [0.05, 0.1) is 6.61 Å². The molecule has 1 rings (SSSR count). The van der Waals surface area contributed by atoms with Gasteiger partial charge in [0.15, 0.2) is 0 Å².